The van der Waals surface area contributed by atoms with Gasteiger partial charge in [-0.1, -0.05) is 6.92 Å². The maximum atomic E-state index is 5.50. The first kappa shape index (κ1) is 14.7. The molecule has 4 heteroatoms. The van der Waals surface area contributed by atoms with Crippen LogP contribution in [0.4, 0.5) is 0 Å². The van der Waals surface area contributed by atoms with Crippen molar-refractivity contribution in [1.29, 1.82) is 0 Å². The molecule has 0 spiro atoms. The van der Waals surface area contributed by atoms with Crippen molar-refractivity contribution in [1.82, 2.24) is 9.80 Å². The molecule has 1 aromatic rings. The van der Waals surface area contributed by atoms with Gasteiger partial charge in [-0.2, -0.15) is 0 Å². The summed E-state index contributed by atoms with van der Waals surface area (Å²) in [6.45, 7) is 8.14. The molecular weight excluding hydrogens is 264 g/mol. The highest BCUT2D eigenvalue weighted by Gasteiger charge is 2.33. The molecule has 1 fully saturated rings. The van der Waals surface area contributed by atoms with E-state index in [0.717, 1.165) is 31.0 Å². The fraction of sp³-hybridized carbons (Fsp3) is 0.647. The summed E-state index contributed by atoms with van der Waals surface area (Å²) in [5.41, 5.74) is 2.85. The van der Waals surface area contributed by atoms with Crippen LogP contribution in [0.3, 0.4) is 0 Å². The molecule has 1 unspecified atom stereocenters. The first-order valence-corrected chi connectivity index (χ1v) is 7.98. The molecule has 1 aromatic carbocycles. The van der Waals surface area contributed by atoms with E-state index >= 15 is 0 Å². The van der Waals surface area contributed by atoms with Gasteiger partial charge < -0.3 is 14.4 Å². The molecule has 1 atom stereocenters. The molecule has 0 bridgehead atoms. The number of rotatable bonds is 4. The van der Waals surface area contributed by atoms with E-state index in [1.54, 1.807) is 14.2 Å². The number of fused-ring (bicyclic) bond motifs is 3. The van der Waals surface area contributed by atoms with E-state index in [0.29, 0.717) is 6.04 Å². The van der Waals surface area contributed by atoms with E-state index in [1.165, 1.54) is 37.2 Å². The van der Waals surface area contributed by atoms with Crippen molar-refractivity contribution in [2.75, 3.05) is 46.9 Å². The Morgan fingerprint density at radius 1 is 1.10 bits per heavy atom. The van der Waals surface area contributed by atoms with Crippen LogP contribution in [-0.4, -0.2) is 56.7 Å². The van der Waals surface area contributed by atoms with Gasteiger partial charge in [0, 0.05) is 32.2 Å². The van der Waals surface area contributed by atoms with Crippen LogP contribution in [0, 0.1) is 0 Å². The molecule has 2 heterocycles. The van der Waals surface area contributed by atoms with Crippen LogP contribution in [0.1, 0.15) is 30.5 Å². The van der Waals surface area contributed by atoms with Crippen LogP contribution in [0.25, 0.3) is 0 Å². The quantitative estimate of drug-likeness (QED) is 0.850. The molecule has 116 valence electrons. The minimum Gasteiger partial charge on any atom is -0.493 e. The first-order valence-electron chi connectivity index (χ1n) is 7.98. The Balaban J connectivity index is 1.92. The van der Waals surface area contributed by atoms with Crippen LogP contribution in [0.5, 0.6) is 11.5 Å². The third kappa shape index (κ3) is 2.74. The second-order valence-corrected chi connectivity index (χ2v) is 6.01. The maximum absolute atomic E-state index is 5.50. The SMILES string of the molecule is CCCN1CCN2CCc3cc(OC)c(OC)cc3C2C1. The molecule has 0 saturated carbocycles. The first-order chi connectivity index (χ1) is 10.3. The molecule has 2 aliphatic rings. The van der Waals surface area contributed by atoms with Gasteiger partial charge in [-0.25, -0.2) is 0 Å². The van der Waals surface area contributed by atoms with Gasteiger partial charge in [0.25, 0.3) is 0 Å². The van der Waals surface area contributed by atoms with Crippen molar-refractivity contribution in [3.8, 4) is 11.5 Å². The van der Waals surface area contributed by atoms with Gasteiger partial charge in [-0.15, -0.1) is 0 Å². The Labute approximate surface area is 127 Å². The van der Waals surface area contributed by atoms with Crippen molar-refractivity contribution < 1.29 is 9.47 Å². The topological polar surface area (TPSA) is 24.9 Å². The van der Waals surface area contributed by atoms with E-state index in [4.69, 9.17) is 9.47 Å². The number of hydrogen-bond donors (Lipinski definition) is 0. The Morgan fingerprint density at radius 2 is 1.86 bits per heavy atom. The molecule has 0 radical (unpaired) electrons. The van der Waals surface area contributed by atoms with Crippen molar-refractivity contribution in [2.45, 2.75) is 25.8 Å². The highest BCUT2D eigenvalue weighted by atomic mass is 16.5. The lowest BCUT2D eigenvalue weighted by molar-refractivity contribution is 0.0672. The molecule has 3 rings (SSSR count). The summed E-state index contributed by atoms with van der Waals surface area (Å²) >= 11 is 0. The van der Waals surface area contributed by atoms with Crippen LogP contribution in [0.2, 0.25) is 0 Å². The minimum atomic E-state index is 0.508. The highest BCUT2D eigenvalue weighted by molar-refractivity contribution is 5.49. The van der Waals surface area contributed by atoms with Crippen molar-refractivity contribution in [3.63, 3.8) is 0 Å². The van der Waals surface area contributed by atoms with Crippen molar-refractivity contribution in [2.24, 2.45) is 0 Å². The molecule has 2 aliphatic heterocycles. The molecular formula is C17H26N2O2. The van der Waals surface area contributed by atoms with Crippen LogP contribution >= 0.6 is 0 Å². The number of hydrogen-bond acceptors (Lipinski definition) is 4. The average Bonchev–Trinajstić information content (AvgIpc) is 2.53. The lowest BCUT2D eigenvalue weighted by Gasteiger charge is -2.45. The summed E-state index contributed by atoms with van der Waals surface area (Å²) in [4.78, 5) is 5.22. The predicted molar refractivity (Wildman–Crippen MR) is 84.3 cm³/mol. The molecule has 0 aromatic heterocycles. The number of methoxy groups -OCH3 is 2. The summed E-state index contributed by atoms with van der Waals surface area (Å²) in [6, 6.07) is 4.87. The molecule has 4 nitrogen and oxygen atoms in total. The minimum absolute atomic E-state index is 0.508. The van der Waals surface area contributed by atoms with Gasteiger partial charge in [0.05, 0.1) is 14.2 Å². The van der Waals surface area contributed by atoms with Gasteiger partial charge in [-0.05, 0) is 42.6 Å². The number of ether oxygens (including phenoxy) is 2. The van der Waals surface area contributed by atoms with E-state index in [9.17, 15) is 0 Å². The van der Waals surface area contributed by atoms with Crippen molar-refractivity contribution in [3.05, 3.63) is 23.3 Å². The standard InChI is InChI=1S/C17H26N2O2/c1-4-6-18-8-9-19-7-5-13-10-16(20-2)17(21-3)11-14(13)15(19)12-18/h10-11,15H,4-9,12H2,1-3H3. The van der Waals surface area contributed by atoms with Gasteiger partial charge in [0.15, 0.2) is 11.5 Å². The number of benzene rings is 1. The fourth-order valence-corrected chi connectivity index (χ4v) is 3.69. The zero-order valence-electron chi connectivity index (χ0n) is 13.4. The second kappa shape index (κ2) is 6.24. The largest absolute Gasteiger partial charge is 0.493 e. The number of piperazine rings is 1. The van der Waals surface area contributed by atoms with Crippen molar-refractivity contribution >= 4 is 0 Å². The fourth-order valence-electron chi connectivity index (χ4n) is 3.69. The number of nitrogens with zero attached hydrogens (tertiary/aromatic N) is 2. The van der Waals surface area contributed by atoms with E-state index in [-0.39, 0.29) is 0 Å². The maximum Gasteiger partial charge on any atom is 0.161 e. The Bertz CT molecular complexity index is 504. The molecule has 0 N–H and O–H groups in total. The summed E-state index contributed by atoms with van der Waals surface area (Å²) in [7, 11) is 3.43. The average molecular weight is 290 g/mol. The summed E-state index contributed by atoms with van der Waals surface area (Å²) in [6.07, 6.45) is 2.34. The predicted octanol–water partition coefficient (Wildman–Crippen LogP) is 2.33. The molecule has 0 amide bonds. The lowest BCUT2D eigenvalue weighted by Crippen LogP contribution is -2.50. The van der Waals surface area contributed by atoms with Crippen LogP contribution in [0.15, 0.2) is 12.1 Å². The second-order valence-electron chi connectivity index (χ2n) is 6.01. The van der Waals surface area contributed by atoms with Gasteiger partial charge in [-0.3, -0.25) is 4.90 Å². The monoisotopic (exact) mass is 290 g/mol. The summed E-state index contributed by atoms with van der Waals surface area (Å²) in [5.74, 6) is 1.71. The third-order valence-corrected chi connectivity index (χ3v) is 4.79. The highest BCUT2D eigenvalue weighted by Crippen LogP contribution is 2.39. The summed E-state index contributed by atoms with van der Waals surface area (Å²) < 4.78 is 10.9. The van der Waals surface area contributed by atoms with E-state index in [1.807, 2.05) is 0 Å². The molecule has 21 heavy (non-hydrogen) atoms. The molecule has 0 aliphatic carbocycles. The van der Waals surface area contributed by atoms with Crippen LogP contribution in [-0.2, 0) is 6.42 Å². The zero-order chi connectivity index (χ0) is 14.8. The van der Waals surface area contributed by atoms with Crippen LogP contribution < -0.4 is 9.47 Å². The zero-order valence-corrected chi connectivity index (χ0v) is 13.4. The lowest BCUT2D eigenvalue weighted by atomic mass is 9.90. The Kier molecular flexibility index (Phi) is 4.36. The van der Waals surface area contributed by atoms with Gasteiger partial charge >= 0.3 is 0 Å². The Hall–Kier alpha value is -1.26. The van der Waals surface area contributed by atoms with Gasteiger partial charge in [0.1, 0.15) is 0 Å². The third-order valence-electron chi connectivity index (χ3n) is 4.79. The van der Waals surface area contributed by atoms with E-state index < -0.39 is 0 Å². The smallest absolute Gasteiger partial charge is 0.161 e. The van der Waals surface area contributed by atoms with E-state index in [2.05, 4.69) is 28.9 Å². The van der Waals surface area contributed by atoms with Gasteiger partial charge in [0.2, 0.25) is 0 Å². The normalized spacial score (nSPS) is 22.5. The Morgan fingerprint density at radius 3 is 2.57 bits per heavy atom. The molecule has 1 saturated heterocycles. The summed E-state index contributed by atoms with van der Waals surface area (Å²) in [5, 5.41) is 0.